The lowest BCUT2D eigenvalue weighted by molar-refractivity contribution is 0.0652. The van der Waals surface area contributed by atoms with Gasteiger partial charge in [-0.3, -0.25) is 0 Å². The summed E-state index contributed by atoms with van der Waals surface area (Å²) in [7, 11) is 1.56. The molecule has 0 saturated heterocycles. The predicted molar refractivity (Wildman–Crippen MR) is 45.7 cm³/mol. The monoisotopic (exact) mass is 179 g/mol. The molecular weight excluding hydrogens is 166 g/mol. The summed E-state index contributed by atoms with van der Waals surface area (Å²) in [6.07, 6.45) is 1.32. The Kier molecular flexibility index (Phi) is 7.95. The van der Waals surface area contributed by atoms with E-state index < -0.39 is 6.10 Å². The number of aliphatic hydroxyl groups is 1. The van der Waals surface area contributed by atoms with E-state index in [4.69, 9.17) is 21.4 Å². The first kappa shape index (κ1) is 10.9. The van der Waals surface area contributed by atoms with Crippen LogP contribution in [0.25, 0.3) is 0 Å². The molecular formula is C7H14ClNO2. The summed E-state index contributed by atoms with van der Waals surface area (Å²) in [5.74, 6) is 0. The summed E-state index contributed by atoms with van der Waals surface area (Å²) in [6, 6.07) is 0. The number of nitrogens with one attached hydrogen (secondary N) is 1. The minimum absolute atomic E-state index is 0.359. The lowest BCUT2D eigenvalue weighted by Gasteiger charge is -2.08. The molecule has 2 N–H and O–H groups in total. The third-order valence-electron chi connectivity index (χ3n) is 1.09. The molecule has 0 aromatic heterocycles. The van der Waals surface area contributed by atoms with Gasteiger partial charge in [0.2, 0.25) is 0 Å². The van der Waals surface area contributed by atoms with E-state index in [1.54, 1.807) is 13.2 Å². The summed E-state index contributed by atoms with van der Waals surface area (Å²) >= 11 is 5.27. The zero-order valence-corrected chi connectivity index (χ0v) is 7.34. The minimum Gasteiger partial charge on any atom is -0.389 e. The first-order valence-corrected chi connectivity index (χ1v) is 3.87. The SMILES string of the molecule is COCC(O)CNC/C=C/Cl. The Balaban J connectivity index is 3.10. The number of hydrogen-bond acceptors (Lipinski definition) is 3. The highest BCUT2D eigenvalue weighted by atomic mass is 35.5. The minimum atomic E-state index is -0.441. The molecule has 0 heterocycles. The Hall–Kier alpha value is -0.0900. The fraction of sp³-hybridized carbons (Fsp3) is 0.714. The predicted octanol–water partition coefficient (Wildman–Crippen LogP) is 0.336. The van der Waals surface area contributed by atoms with Gasteiger partial charge in [0.15, 0.2) is 0 Å². The van der Waals surface area contributed by atoms with Crippen LogP contribution in [-0.4, -0.2) is 38.0 Å². The summed E-state index contributed by atoms with van der Waals surface area (Å²) in [4.78, 5) is 0. The highest BCUT2D eigenvalue weighted by molar-refractivity contribution is 6.25. The molecule has 0 radical (unpaired) electrons. The standard InChI is InChI=1S/C7H14ClNO2/c1-11-6-7(10)5-9-4-2-3-8/h2-3,7,9-10H,4-6H2,1H3/b3-2+. The van der Waals surface area contributed by atoms with Crippen LogP contribution in [-0.2, 0) is 4.74 Å². The quantitative estimate of drug-likeness (QED) is 0.578. The summed E-state index contributed by atoms with van der Waals surface area (Å²) in [5, 5.41) is 12.1. The van der Waals surface area contributed by atoms with Crippen LogP contribution >= 0.6 is 11.6 Å². The molecule has 11 heavy (non-hydrogen) atoms. The van der Waals surface area contributed by atoms with Crippen molar-refractivity contribution in [2.75, 3.05) is 26.8 Å². The third-order valence-corrected chi connectivity index (χ3v) is 1.27. The highest BCUT2D eigenvalue weighted by Crippen LogP contribution is 1.81. The van der Waals surface area contributed by atoms with E-state index in [0.717, 1.165) is 0 Å². The molecule has 0 saturated carbocycles. The van der Waals surface area contributed by atoms with Gasteiger partial charge in [0.1, 0.15) is 0 Å². The van der Waals surface area contributed by atoms with Crippen molar-refractivity contribution in [3.8, 4) is 0 Å². The van der Waals surface area contributed by atoms with Crippen LogP contribution in [0, 0.1) is 0 Å². The van der Waals surface area contributed by atoms with Gasteiger partial charge in [-0.05, 0) is 0 Å². The smallest absolute Gasteiger partial charge is 0.0897 e. The Morgan fingerprint density at radius 3 is 3.00 bits per heavy atom. The molecule has 0 spiro atoms. The van der Waals surface area contributed by atoms with Crippen LogP contribution in [0.1, 0.15) is 0 Å². The molecule has 4 heteroatoms. The van der Waals surface area contributed by atoms with Gasteiger partial charge < -0.3 is 15.2 Å². The second-order valence-electron chi connectivity index (χ2n) is 2.13. The number of aliphatic hydroxyl groups excluding tert-OH is 1. The molecule has 0 aromatic rings. The Labute approximate surface area is 72.0 Å². The lowest BCUT2D eigenvalue weighted by atomic mass is 10.4. The fourth-order valence-electron chi connectivity index (χ4n) is 0.629. The topological polar surface area (TPSA) is 41.5 Å². The molecule has 0 aliphatic rings. The highest BCUT2D eigenvalue weighted by Gasteiger charge is 1.99. The molecule has 0 aliphatic heterocycles. The van der Waals surface area contributed by atoms with Gasteiger partial charge in [0, 0.05) is 25.7 Å². The van der Waals surface area contributed by atoms with Crippen LogP contribution in [0.5, 0.6) is 0 Å². The van der Waals surface area contributed by atoms with E-state index in [-0.39, 0.29) is 0 Å². The number of halogens is 1. The van der Waals surface area contributed by atoms with E-state index in [1.165, 1.54) is 5.54 Å². The molecule has 66 valence electrons. The normalized spacial score (nSPS) is 14.1. The molecule has 3 nitrogen and oxygen atoms in total. The first-order valence-electron chi connectivity index (χ1n) is 3.44. The summed E-state index contributed by atoms with van der Waals surface area (Å²) in [5.41, 5.74) is 1.44. The maximum absolute atomic E-state index is 9.10. The molecule has 0 rings (SSSR count). The van der Waals surface area contributed by atoms with Crippen molar-refractivity contribution < 1.29 is 9.84 Å². The van der Waals surface area contributed by atoms with Crippen molar-refractivity contribution in [1.82, 2.24) is 5.32 Å². The number of methoxy groups -OCH3 is 1. The molecule has 1 atom stereocenters. The average molecular weight is 180 g/mol. The number of rotatable bonds is 6. The molecule has 0 fully saturated rings. The van der Waals surface area contributed by atoms with Crippen LogP contribution in [0.2, 0.25) is 0 Å². The Bertz CT molecular complexity index is 109. The zero-order valence-electron chi connectivity index (χ0n) is 6.59. The summed E-state index contributed by atoms with van der Waals surface area (Å²) < 4.78 is 4.73. The van der Waals surface area contributed by atoms with Gasteiger partial charge in [-0.2, -0.15) is 0 Å². The van der Waals surface area contributed by atoms with Gasteiger partial charge >= 0.3 is 0 Å². The first-order chi connectivity index (χ1) is 5.31. The number of ether oxygens (including phenoxy) is 1. The van der Waals surface area contributed by atoms with Crippen LogP contribution < -0.4 is 5.32 Å². The Morgan fingerprint density at radius 2 is 2.45 bits per heavy atom. The van der Waals surface area contributed by atoms with Gasteiger partial charge in [-0.15, -0.1) is 0 Å². The fourth-order valence-corrected chi connectivity index (χ4v) is 0.718. The van der Waals surface area contributed by atoms with Crippen molar-refractivity contribution in [2.24, 2.45) is 0 Å². The van der Waals surface area contributed by atoms with E-state index in [0.29, 0.717) is 19.7 Å². The van der Waals surface area contributed by atoms with E-state index in [9.17, 15) is 0 Å². The molecule has 1 unspecified atom stereocenters. The summed E-state index contributed by atoms with van der Waals surface area (Å²) in [6.45, 7) is 1.55. The third kappa shape index (κ3) is 7.81. The van der Waals surface area contributed by atoms with E-state index in [1.807, 2.05) is 0 Å². The maximum atomic E-state index is 9.10. The van der Waals surface area contributed by atoms with Crippen molar-refractivity contribution in [3.63, 3.8) is 0 Å². The number of hydrogen-bond donors (Lipinski definition) is 2. The molecule has 0 bridgehead atoms. The van der Waals surface area contributed by atoms with Crippen molar-refractivity contribution in [2.45, 2.75) is 6.10 Å². The molecule has 0 aliphatic carbocycles. The second-order valence-corrected chi connectivity index (χ2v) is 2.38. The van der Waals surface area contributed by atoms with Gasteiger partial charge in [-0.25, -0.2) is 0 Å². The Morgan fingerprint density at radius 1 is 1.73 bits per heavy atom. The van der Waals surface area contributed by atoms with Crippen LogP contribution in [0.3, 0.4) is 0 Å². The van der Waals surface area contributed by atoms with Crippen LogP contribution in [0.15, 0.2) is 11.6 Å². The molecule has 0 amide bonds. The second kappa shape index (κ2) is 8.01. The van der Waals surface area contributed by atoms with Gasteiger partial charge in [-0.1, -0.05) is 17.7 Å². The van der Waals surface area contributed by atoms with Crippen molar-refractivity contribution in [3.05, 3.63) is 11.6 Å². The van der Waals surface area contributed by atoms with Gasteiger partial charge in [0.25, 0.3) is 0 Å². The largest absolute Gasteiger partial charge is 0.389 e. The van der Waals surface area contributed by atoms with E-state index in [2.05, 4.69) is 5.32 Å². The van der Waals surface area contributed by atoms with E-state index >= 15 is 0 Å². The molecule has 0 aromatic carbocycles. The lowest BCUT2D eigenvalue weighted by Crippen LogP contribution is -2.30. The van der Waals surface area contributed by atoms with Gasteiger partial charge in [0.05, 0.1) is 12.7 Å². The van der Waals surface area contributed by atoms with Crippen molar-refractivity contribution in [1.29, 1.82) is 0 Å². The van der Waals surface area contributed by atoms with Crippen LogP contribution in [0.4, 0.5) is 0 Å². The average Bonchev–Trinajstić information content (AvgIpc) is 1.99. The maximum Gasteiger partial charge on any atom is 0.0897 e. The zero-order chi connectivity index (χ0) is 8.53. The van der Waals surface area contributed by atoms with Crippen molar-refractivity contribution >= 4 is 11.6 Å².